The lowest BCUT2D eigenvalue weighted by atomic mass is 10.1. The van der Waals surface area contributed by atoms with Crippen molar-refractivity contribution >= 4 is 0 Å². The van der Waals surface area contributed by atoms with Gasteiger partial charge in [0.1, 0.15) is 18.3 Å². The number of hydrogen-bond donors (Lipinski definition) is 1. The van der Waals surface area contributed by atoms with E-state index in [4.69, 9.17) is 18.9 Å². The molecule has 5 heteroatoms. The minimum absolute atomic E-state index is 0.302. The van der Waals surface area contributed by atoms with Gasteiger partial charge in [0, 0.05) is 0 Å². The summed E-state index contributed by atoms with van der Waals surface area (Å²) < 4.78 is 23.8. The Bertz CT molecular complexity index is 887. The van der Waals surface area contributed by atoms with Gasteiger partial charge in [-0.05, 0) is 16.7 Å². The fourth-order valence-electron chi connectivity index (χ4n) is 3.57. The van der Waals surface area contributed by atoms with E-state index in [2.05, 4.69) is 0 Å². The van der Waals surface area contributed by atoms with Crippen molar-refractivity contribution in [1.29, 1.82) is 0 Å². The second-order valence-electron chi connectivity index (χ2n) is 7.59. The van der Waals surface area contributed by atoms with Gasteiger partial charge in [0.2, 0.25) is 0 Å². The number of aliphatic hydroxyl groups excluding tert-OH is 1. The van der Waals surface area contributed by atoms with E-state index in [9.17, 15) is 5.11 Å². The normalized spacial score (nSPS) is 23.1. The van der Waals surface area contributed by atoms with Crippen LogP contribution < -0.4 is 0 Å². The van der Waals surface area contributed by atoms with Crippen LogP contribution in [0.1, 0.15) is 16.7 Å². The van der Waals surface area contributed by atoms with Crippen LogP contribution in [-0.2, 0) is 38.8 Å². The molecule has 3 aromatic carbocycles. The molecule has 1 N–H and O–H groups in total. The highest BCUT2D eigenvalue weighted by Crippen LogP contribution is 2.27. The van der Waals surface area contributed by atoms with Crippen molar-refractivity contribution in [2.24, 2.45) is 0 Å². The highest BCUT2D eigenvalue weighted by atomic mass is 16.7. The van der Waals surface area contributed by atoms with Gasteiger partial charge in [0.15, 0.2) is 6.29 Å². The molecular weight excluding hydrogens is 392 g/mol. The molecule has 31 heavy (non-hydrogen) atoms. The van der Waals surface area contributed by atoms with Gasteiger partial charge in [-0.1, -0.05) is 91.0 Å². The topological polar surface area (TPSA) is 57.2 Å². The third-order valence-corrected chi connectivity index (χ3v) is 5.23. The minimum Gasteiger partial charge on any atom is -0.385 e. The molecule has 4 rings (SSSR count). The fourth-order valence-corrected chi connectivity index (χ4v) is 3.57. The van der Waals surface area contributed by atoms with E-state index >= 15 is 0 Å². The molecule has 5 nitrogen and oxygen atoms in total. The molecule has 0 saturated carbocycles. The lowest BCUT2D eigenvalue weighted by molar-refractivity contribution is -0.178. The van der Waals surface area contributed by atoms with Crippen LogP contribution in [0.15, 0.2) is 91.0 Å². The zero-order valence-corrected chi connectivity index (χ0v) is 17.4. The first-order valence-corrected chi connectivity index (χ1v) is 10.6. The maximum Gasteiger partial charge on any atom is 0.187 e. The summed E-state index contributed by atoms with van der Waals surface area (Å²) in [7, 11) is 0. The summed E-state index contributed by atoms with van der Waals surface area (Å²) in [5.41, 5.74) is 3.14. The van der Waals surface area contributed by atoms with Gasteiger partial charge in [0.25, 0.3) is 0 Å². The average molecular weight is 421 g/mol. The Morgan fingerprint density at radius 2 is 1.13 bits per heavy atom. The number of rotatable bonds is 10. The zero-order chi connectivity index (χ0) is 21.3. The van der Waals surface area contributed by atoms with Crippen LogP contribution in [0.5, 0.6) is 0 Å². The molecule has 1 saturated heterocycles. The Morgan fingerprint density at radius 1 is 0.645 bits per heavy atom. The first kappa shape index (κ1) is 21.7. The Morgan fingerprint density at radius 3 is 1.68 bits per heavy atom. The molecule has 1 fully saturated rings. The molecule has 0 aliphatic carbocycles. The van der Waals surface area contributed by atoms with Crippen LogP contribution in [0, 0.1) is 0 Å². The number of hydrogen-bond acceptors (Lipinski definition) is 5. The first-order chi connectivity index (χ1) is 15.3. The fraction of sp³-hybridized carbons (Fsp3) is 0.308. The number of aliphatic hydroxyl groups is 1. The van der Waals surface area contributed by atoms with Gasteiger partial charge in [0.05, 0.1) is 26.4 Å². The molecule has 1 heterocycles. The largest absolute Gasteiger partial charge is 0.385 e. The zero-order valence-electron chi connectivity index (χ0n) is 17.4. The number of ether oxygens (including phenoxy) is 4. The summed E-state index contributed by atoms with van der Waals surface area (Å²) in [4.78, 5) is 0. The molecule has 162 valence electrons. The SMILES string of the molecule is O[C@H]1C(OCc2ccccc2)[C@@H](COCc2ccccc2)O[C@@H]1OCc1ccccc1. The first-order valence-electron chi connectivity index (χ1n) is 10.6. The molecule has 4 atom stereocenters. The van der Waals surface area contributed by atoms with E-state index < -0.39 is 24.6 Å². The molecule has 1 aliphatic rings. The van der Waals surface area contributed by atoms with Crippen molar-refractivity contribution in [3.63, 3.8) is 0 Å². The van der Waals surface area contributed by atoms with Crippen LogP contribution in [0.2, 0.25) is 0 Å². The molecule has 3 aromatic rings. The highest BCUT2D eigenvalue weighted by molar-refractivity contribution is 5.15. The summed E-state index contributed by atoms with van der Waals surface area (Å²) in [6.45, 7) is 1.51. The van der Waals surface area contributed by atoms with Crippen molar-refractivity contribution in [2.45, 2.75) is 44.4 Å². The minimum atomic E-state index is -0.905. The molecule has 0 aromatic heterocycles. The van der Waals surface area contributed by atoms with Crippen molar-refractivity contribution in [1.82, 2.24) is 0 Å². The standard InChI is InChI=1S/C26H28O5/c27-24-25(29-17-21-12-6-2-7-13-21)23(19-28-16-20-10-4-1-5-11-20)31-26(24)30-18-22-14-8-3-9-15-22/h1-15,23-27H,16-19H2/t23-,24+,25?,26+/m1/s1. The molecule has 1 unspecified atom stereocenters. The van der Waals surface area contributed by atoms with Gasteiger partial charge < -0.3 is 24.1 Å². The Kier molecular flexibility index (Phi) is 7.82. The van der Waals surface area contributed by atoms with Gasteiger partial charge in [-0.3, -0.25) is 0 Å². The van der Waals surface area contributed by atoms with Crippen LogP contribution in [-0.4, -0.2) is 36.3 Å². The summed E-state index contributed by atoms with van der Waals surface area (Å²) >= 11 is 0. The van der Waals surface area contributed by atoms with Crippen molar-refractivity contribution < 1.29 is 24.1 Å². The Hall–Kier alpha value is -2.54. The molecule has 0 radical (unpaired) electrons. The predicted molar refractivity (Wildman–Crippen MR) is 117 cm³/mol. The average Bonchev–Trinajstić information content (AvgIpc) is 3.12. The summed E-state index contributed by atoms with van der Waals surface area (Å²) in [5.74, 6) is 0. The highest BCUT2D eigenvalue weighted by Gasteiger charge is 2.45. The second kappa shape index (κ2) is 11.2. The van der Waals surface area contributed by atoms with E-state index in [1.54, 1.807) is 0 Å². The van der Waals surface area contributed by atoms with E-state index in [1.165, 1.54) is 0 Å². The van der Waals surface area contributed by atoms with E-state index in [0.29, 0.717) is 26.4 Å². The third-order valence-electron chi connectivity index (χ3n) is 5.23. The monoisotopic (exact) mass is 420 g/mol. The molecular formula is C26H28O5. The maximum absolute atomic E-state index is 10.9. The van der Waals surface area contributed by atoms with E-state index in [-0.39, 0.29) is 0 Å². The molecule has 1 aliphatic heterocycles. The Balaban J connectivity index is 1.36. The van der Waals surface area contributed by atoms with Crippen LogP contribution in [0.4, 0.5) is 0 Å². The van der Waals surface area contributed by atoms with Crippen molar-refractivity contribution in [3.05, 3.63) is 108 Å². The summed E-state index contributed by atoms with van der Waals surface area (Å²) in [5, 5.41) is 10.9. The van der Waals surface area contributed by atoms with Gasteiger partial charge in [-0.15, -0.1) is 0 Å². The number of benzene rings is 3. The Labute approximate surface area is 183 Å². The lowest BCUT2D eigenvalue weighted by Gasteiger charge is -2.21. The van der Waals surface area contributed by atoms with Crippen molar-refractivity contribution in [3.8, 4) is 0 Å². The molecule has 0 bridgehead atoms. The predicted octanol–water partition coefficient (Wildman–Crippen LogP) is 4.09. The summed E-state index contributed by atoms with van der Waals surface area (Å²) in [6, 6.07) is 29.7. The van der Waals surface area contributed by atoms with Crippen LogP contribution in [0.25, 0.3) is 0 Å². The van der Waals surface area contributed by atoms with Gasteiger partial charge in [-0.25, -0.2) is 0 Å². The van der Waals surface area contributed by atoms with Crippen LogP contribution >= 0.6 is 0 Å². The van der Waals surface area contributed by atoms with E-state index in [1.807, 2.05) is 91.0 Å². The molecule has 0 spiro atoms. The maximum atomic E-state index is 10.9. The van der Waals surface area contributed by atoms with E-state index in [0.717, 1.165) is 16.7 Å². The molecule has 0 amide bonds. The quantitative estimate of drug-likeness (QED) is 0.535. The van der Waals surface area contributed by atoms with Gasteiger partial charge in [-0.2, -0.15) is 0 Å². The summed E-state index contributed by atoms with van der Waals surface area (Å²) in [6.07, 6.45) is -2.65. The van der Waals surface area contributed by atoms with Gasteiger partial charge >= 0.3 is 0 Å². The smallest absolute Gasteiger partial charge is 0.187 e. The van der Waals surface area contributed by atoms with Crippen LogP contribution in [0.3, 0.4) is 0 Å². The lowest BCUT2D eigenvalue weighted by Crippen LogP contribution is -2.37. The third kappa shape index (κ3) is 6.23. The second-order valence-corrected chi connectivity index (χ2v) is 7.59. The van der Waals surface area contributed by atoms with Crippen molar-refractivity contribution in [2.75, 3.05) is 6.61 Å².